The van der Waals surface area contributed by atoms with Gasteiger partial charge >= 0.3 is 6.09 Å². The number of carbonyl (C=O) groups is 5. The second kappa shape index (κ2) is 25.6. The summed E-state index contributed by atoms with van der Waals surface area (Å²) in [5.74, 6) is -1.71. The van der Waals surface area contributed by atoms with Crippen LogP contribution >= 0.6 is 0 Å². The Balaban J connectivity index is 1.31. The second-order valence-corrected chi connectivity index (χ2v) is 18.9. The number of likely N-dealkylation sites (N-methyl/N-ethyl adjacent to an activating group) is 1. The fourth-order valence-electron chi connectivity index (χ4n) is 7.92. The normalized spacial score (nSPS) is 15.5. The zero-order valence-corrected chi connectivity index (χ0v) is 42.2. The lowest BCUT2D eigenvalue weighted by atomic mass is 9.85. The molecule has 70 heavy (non-hydrogen) atoms. The van der Waals surface area contributed by atoms with Gasteiger partial charge in [0.25, 0.3) is 17.4 Å². The quantitative estimate of drug-likeness (QED) is 0.0298. The summed E-state index contributed by atoms with van der Waals surface area (Å²) in [5.41, 5.74) is 17.3. The lowest BCUT2D eigenvalue weighted by Crippen LogP contribution is -2.58. The zero-order valence-electron chi connectivity index (χ0n) is 42.2. The minimum Gasteiger partial charge on any atom is -0.439 e. The molecule has 0 saturated carbocycles. The highest BCUT2D eigenvalue weighted by atomic mass is 16.6. The number of aliphatic hydroxyl groups excluding tert-OH is 1. The highest BCUT2D eigenvalue weighted by molar-refractivity contribution is 6.06. The van der Waals surface area contributed by atoms with E-state index in [1.54, 1.807) is 39.8 Å². The standard InChI is InChI=1S/C51H73N11O8/c1-11-34-14-16-35(17-15-34)26-54-48(67)42-24-37(63)28-62(42)49(68)45(51(8,9)10)59-44(64)29-70-50(69)60-56-19-20-61(12-2)43(53)18-13-31(5)36-22-38(39(25-52)41(23-36)57-30(3)4)46(65)55-27-40-32(6)21-33(7)58-47(40)66/h13-18,21-23,25,30,37,42,45,52,56-57,63H,11-12,19-20,24,26-29,53H2,1-10H3,(H,54,67)(H,55,65)(H,58,66)(H,59,64)(H,60,69)/b31-13+,43-18+,52-25?/t37?,42-,45+/m0/s1. The predicted molar refractivity (Wildman–Crippen MR) is 272 cm³/mol. The molecule has 1 aliphatic heterocycles. The molecule has 11 N–H and O–H groups in total. The molecule has 1 aliphatic rings. The van der Waals surface area contributed by atoms with E-state index in [1.165, 1.54) is 10.5 Å². The number of nitrogens with one attached hydrogen (secondary N) is 8. The molecule has 5 amide bonds. The first-order valence-electron chi connectivity index (χ1n) is 23.7. The van der Waals surface area contributed by atoms with Gasteiger partial charge in [0.2, 0.25) is 11.8 Å². The van der Waals surface area contributed by atoms with Crippen molar-refractivity contribution in [2.75, 3.05) is 38.1 Å². The molecule has 1 saturated heterocycles. The molecule has 380 valence electrons. The summed E-state index contributed by atoms with van der Waals surface area (Å²) in [4.78, 5) is 85.1. The van der Waals surface area contributed by atoms with Crippen LogP contribution < -0.4 is 43.4 Å². The van der Waals surface area contributed by atoms with Crippen molar-refractivity contribution in [1.82, 2.24) is 41.6 Å². The number of ether oxygens (including phenoxy) is 1. The summed E-state index contributed by atoms with van der Waals surface area (Å²) < 4.78 is 5.12. The molecule has 4 rings (SSSR count). The van der Waals surface area contributed by atoms with E-state index in [-0.39, 0.29) is 49.8 Å². The molecule has 0 bridgehead atoms. The molecule has 3 atom stereocenters. The number of aliphatic hydroxyl groups is 1. The number of rotatable bonds is 22. The van der Waals surface area contributed by atoms with E-state index >= 15 is 0 Å². The Morgan fingerprint density at radius 1 is 1.01 bits per heavy atom. The Kier molecular flexibility index (Phi) is 20.3. The molecule has 0 radical (unpaired) electrons. The van der Waals surface area contributed by atoms with Gasteiger partial charge in [-0.1, -0.05) is 58.0 Å². The number of likely N-dealkylation sites (tertiary alicyclic amines) is 1. The molecule has 19 heteroatoms. The van der Waals surface area contributed by atoms with E-state index in [1.807, 2.05) is 82.0 Å². The molecular weight excluding hydrogens is 895 g/mol. The zero-order chi connectivity index (χ0) is 51.9. The van der Waals surface area contributed by atoms with Gasteiger partial charge in [-0.3, -0.25) is 29.4 Å². The summed E-state index contributed by atoms with van der Waals surface area (Å²) in [6, 6.07) is 11.2. The molecule has 2 heterocycles. The summed E-state index contributed by atoms with van der Waals surface area (Å²) in [6.45, 7) is 19.2. The first-order chi connectivity index (χ1) is 33.1. The number of allylic oxidation sites excluding steroid dienone is 3. The van der Waals surface area contributed by atoms with Gasteiger partial charge in [0.1, 0.15) is 12.1 Å². The number of nitrogens with two attached hydrogens (primary N) is 1. The monoisotopic (exact) mass is 968 g/mol. The number of aromatic nitrogens is 1. The lowest BCUT2D eigenvalue weighted by molar-refractivity contribution is -0.144. The number of β-amino-alcohol motifs (C(OH)–C–C–N with tert-alkyl or cyclic N) is 1. The minimum absolute atomic E-state index is 0.00166. The van der Waals surface area contributed by atoms with Gasteiger partial charge in [0.05, 0.1) is 17.5 Å². The SMILES string of the molecule is CCc1ccc(CNC(=O)[C@@H]2CC(O)CN2C(=O)[C@@H](NC(=O)COC(=O)NNCCN(CC)/C(N)=C/C=C(\C)c2cc(NC(C)C)c(C=N)c(C(=O)NCc3c(C)cc(C)[nH]c3=O)c2)C(C)(C)C)cc1. The Bertz CT molecular complexity index is 2480. The number of hydrazine groups is 1. The van der Waals surface area contributed by atoms with Gasteiger partial charge in [-0.05, 0) is 105 Å². The van der Waals surface area contributed by atoms with Crippen LogP contribution in [0.1, 0.15) is 111 Å². The van der Waals surface area contributed by atoms with Crippen molar-refractivity contribution in [2.45, 2.75) is 119 Å². The predicted octanol–water partition coefficient (Wildman–Crippen LogP) is 3.87. The Hall–Kier alpha value is -6.99. The highest BCUT2D eigenvalue weighted by Gasteiger charge is 2.44. The Morgan fingerprint density at radius 2 is 1.70 bits per heavy atom. The smallest absolute Gasteiger partial charge is 0.422 e. The van der Waals surface area contributed by atoms with Gasteiger partial charge in [0.15, 0.2) is 6.61 Å². The van der Waals surface area contributed by atoms with Crippen molar-refractivity contribution >= 4 is 47.2 Å². The Morgan fingerprint density at radius 3 is 2.31 bits per heavy atom. The van der Waals surface area contributed by atoms with Crippen molar-refractivity contribution in [3.05, 3.63) is 115 Å². The average Bonchev–Trinajstić information content (AvgIpc) is 3.71. The number of benzene rings is 2. The number of hydrogen-bond acceptors (Lipinski definition) is 13. The summed E-state index contributed by atoms with van der Waals surface area (Å²) in [6.07, 6.45) is 3.76. The van der Waals surface area contributed by atoms with Crippen molar-refractivity contribution in [3.63, 3.8) is 0 Å². The number of hydrogen-bond donors (Lipinski definition) is 10. The minimum atomic E-state index is -1.10. The molecule has 3 aromatic rings. The van der Waals surface area contributed by atoms with Gasteiger partial charge in [0, 0.05) is 80.5 Å². The fraction of sp³-hybridized carbons (Fsp3) is 0.471. The molecule has 0 aliphatic carbocycles. The number of carbonyl (C=O) groups excluding carboxylic acids is 5. The number of amides is 5. The van der Waals surface area contributed by atoms with Crippen LogP contribution in [0.4, 0.5) is 10.5 Å². The third kappa shape index (κ3) is 15.8. The molecular formula is C51H73N11O8. The van der Waals surface area contributed by atoms with Crippen LogP contribution in [0.5, 0.6) is 0 Å². The number of nitrogens with zero attached hydrogens (tertiary/aromatic N) is 2. The van der Waals surface area contributed by atoms with Crippen molar-refractivity contribution in [2.24, 2.45) is 11.1 Å². The van der Waals surface area contributed by atoms with Gasteiger partial charge < -0.3 is 57.0 Å². The number of pyridine rings is 1. The van der Waals surface area contributed by atoms with Crippen LogP contribution in [0, 0.1) is 24.7 Å². The molecule has 2 aromatic carbocycles. The first-order valence-corrected chi connectivity index (χ1v) is 23.7. The molecule has 1 fully saturated rings. The third-order valence-corrected chi connectivity index (χ3v) is 11.9. The number of aromatic amines is 1. The molecule has 19 nitrogen and oxygen atoms in total. The lowest BCUT2D eigenvalue weighted by Gasteiger charge is -2.35. The maximum Gasteiger partial charge on any atom is 0.422 e. The van der Waals surface area contributed by atoms with Crippen LogP contribution in [-0.4, -0.2) is 113 Å². The van der Waals surface area contributed by atoms with Crippen molar-refractivity contribution in [3.8, 4) is 0 Å². The van der Waals surface area contributed by atoms with Crippen LogP contribution in [0.15, 0.2) is 65.2 Å². The van der Waals surface area contributed by atoms with E-state index in [9.17, 15) is 33.9 Å². The number of aryl methyl sites for hydroxylation is 3. The van der Waals surface area contributed by atoms with Crippen LogP contribution in [0.2, 0.25) is 0 Å². The third-order valence-electron chi connectivity index (χ3n) is 11.9. The van der Waals surface area contributed by atoms with Crippen LogP contribution in [0.25, 0.3) is 5.57 Å². The second-order valence-electron chi connectivity index (χ2n) is 18.9. The van der Waals surface area contributed by atoms with E-state index in [2.05, 4.69) is 44.0 Å². The number of anilines is 1. The van der Waals surface area contributed by atoms with Crippen LogP contribution in [-0.2, 0) is 38.6 Å². The summed E-state index contributed by atoms with van der Waals surface area (Å²) in [7, 11) is 0. The van der Waals surface area contributed by atoms with Crippen molar-refractivity contribution in [1.29, 1.82) is 5.41 Å². The maximum atomic E-state index is 13.9. The number of H-pyrrole nitrogens is 1. The summed E-state index contributed by atoms with van der Waals surface area (Å²) in [5, 5.41) is 30.4. The van der Waals surface area contributed by atoms with Gasteiger partial charge in [-0.15, -0.1) is 0 Å². The molecule has 1 unspecified atom stereocenters. The van der Waals surface area contributed by atoms with Crippen molar-refractivity contribution < 1.29 is 33.8 Å². The summed E-state index contributed by atoms with van der Waals surface area (Å²) >= 11 is 0. The van der Waals surface area contributed by atoms with E-state index in [0.29, 0.717) is 41.3 Å². The van der Waals surface area contributed by atoms with E-state index in [4.69, 9.17) is 15.9 Å². The van der Waals surface area contributed by atoms with E-state index < -0.39 is 59.9 Å². The van der Waals surface area contributed by atoms with Gasteiger partial charge in [-0.2, -0.15) is 0 Å². The van der Waals surface area contributed by atoms with Crippen LogP contribution in [0.3, 0.4) is 0 Å². The maximum absolute atomic E-state index is 13.9. The average molecular weight is 968 g/mol. The molecule has 0 spiro atoms. The van der Waals surface area contributed by atoms with Gasteiger partial charge in [-0.25, -0.2) is 10.2 Å². The first kappa shape index (κ1) is 55.6. The fourth-order valence-corrected chi connectivity index (χ4v) is 7.92. The Labute approximate surface area is 410 Å². The largest absolute Gasteiger partial charge is 0.439 e. The topological polar surface area (TPSA) is 276 Å². The van der Waals surface area contributed by atoms with E-state index in [0.717, 1.165) is 35.0 Å². The highest BCUT2D eigenvalue weighted by Crippen LogP contribution is 2.28. The molecule has 1 aromatic heterocycles.